The number of hydrogen-bond acceptors (Lipinski definition) is 5. The maximum atomic E-state index is 13.6. The van der Waals surface area contributed by atoms with E-state index in [0.29, 0.717) is 31.9 Å². The summed E-state index contributed by atoms with van der Waals surface area (Å²) in [5.74, 6) is -1.03. The molecule has 0 aliphatic rings. The van der Waals surface area contributed by atoms with Crippen LogP contribution in [0.5, 0.6) is 0 Å². The molecule has 0 unspecified atom stereocenters. The van der Waals surface area contributed by atoms with Gasteiger partial charge in [0, 0.05) is 19.2 Å². The largest absolute Gasteiger partial charge is 0.382 e. The molecule has 2 N–H and O–H groups in total. The van der Waals surface area contributed by atoms with E-state index in [9.17, 15) is 17.6 Å². The molecule has 9 heteroatoms. The van der Waals surface area contributed by atoms with Crippen molar-refractivity contribution in [2.45, 2.75) is 4.90 Å². The Morgan fingerprint density at radius 1 is 1.04 bits per heavy atom. The molecule has 2 rings (SSSR count). The van der Waals surface area contributed by atoms with Crippen LogP contribution >= 0.6 is 0 Å². The Morgan fingerprint density at radius 3 is 2.41 bits per heavy atom. The minimum atomic E-state index is -3.96. The molecule has 0 saturated carbocycles. The monoisotopic (exact) mass is 396 g/mol. The van der Waals surface area contributed by atoms with E-state index >= 15 is 0 Å². The SMILES string of the molecule is COCCOCCNC(=O)c1ccc(S(=O)(=O)Nc2ccccc2F)cc1. The summed E-state index contributed by atoms with van der Waals surface area (Å²) in [5, 5.41) is 2.66. The van der Waals surface area contributed by atoms with Crippen LogP contribution in [0.4, 0.5) is 10.1 Å². The van der Waals surface area contributed by atoms with E-state index in [0.717, 1.165) is 6.07 Å². The summed E-state index contributed by atoms with van der Waals surface area (Å²) in [6.07, 6.45) is 0. The van der Waals surface area contributed by atoms with Gasteiger partial charge < -0.3 is 14.8 Å². The molecular weight excluding hydrogens is 375 g/mol. The molecule has 0 aliphatic carbocycles. The number of carbonyl (C=O) groups is 1. The van der Waals surface area contributed by atoms with Crippen LogP contribution in [0.2, 0.25) is 0 Å². The number of ether oxygens (including phenoxy) is 2. The van der Waals surface area contributed by atoms with Crippen molar-refractivity contribution in [3.8, 4) is 0 Å². The van der Waals surface area contributed by atoms with E-state index in [1.165, 1.54) is 42.5 Å². The fourth-order valence-electron chi connectivity index (χ4n) is 2.12. The Labute approximate surface area is 157 Å². The summed E-state index contributed by atoms with van der Waals surface area (Å²) >= 11 is 0. The van der Waals surface area contributed by atoms with Crippen molar-refractivity contribution in [1.29, 1.82) is 0 Å². The van der Waals surface area contributed by atoms with E-state index < -0.39 is 15.8 Å². The van der Waals surface area contributed by atoms with Gasteiger partial charge in [-0.15, -0.1) is 0 Å². The summed E-state index contributed by atoms with van der Waals surface area (Å²) in [4.78, 5) is 11.9. The fraction of sp³-hybridized carbons (Fsp3) is 0.278. The number of sulfonamides is 1. The molecule has 2 aromatic rings. The lowest BCUT2D eigenvalue weighted by atomic mass is 10.2. The Bertz CT molecular complexity index is 856. The summed E-state index contributed by atoms with van der Waals surface area (Å²) in [5.41, 5.74) is 0.157. The van der Waals surface area contributed by atoms with Crippen LogP contribution in [0, 0.1) is 5.82 Å². The quantitative estimate of drug-likeness (QED) is 0.600. The molecule has 27 heavy (non-hydrogen) atoms. The van der Waals surface area contributed by atoms with Gasteiger partial charge >= 0.3 is 0 Å². The van der Waals surface area contributed by atoms with E-state index in [4.69, 9.17) is 9.47 Å². The van der Waals surface area contributed by atoms with E-state index in [1.807, 2.05) is 0 Å². The standard InChI is InChI=1S/C18H21FN2O5S/c1-25-12-13-26-11-10-20-18(22)14-6-8-15(9-7-14)27(23,24)21-17-5-3-2-4-16(17)19/h2-9,21H,10-13H2,1H3,(H,20,22). The molecule has 0 heterocycles. The third-order valence-corrected chi connectivity index (χ3v) is 4.89. The molecule has 0 aromatic heterocycles. The molecule has 0 saturated heterocycles. The first-order chi connectivity index (χ1) is 12.9. The maximum absolute atomic E-state index is 13.6. The average molecular weight is 396 g/mol. The molecule has 0 atom stereocenters. The van der Waals surface area contributed by atoms with Gasteiger partial charge in [0.15, 0.2) is 0 Å². The zero-order valence-corrected chi connectivity index (χ0v) is 15.6. The number of amides is 1. The highest BCUT2D eigenvalue weighted by atomic mass is 32.2. The lowest BCUT2D eigenvalue weighted by Crippen LogP contribution is -2.27. The Morgan fingerprint density at radius 2 is 1.74 bits per heavy atom. The maximum Gasteiger partial charge on any atom is 0.261 e. The number of methoxy groups -OCH3 is 1. The van der Waals surface area contributed by atoms with Crippen LogP contribution in [0.15, 0.2) is 53.4 Å². The highest BCUT2D eigenvalue weighted by Gasteiger charge is 2.16. The molecule has 0 aliphatic heterocycles. The van der Waals surface area contributed by atoms with Gasteiger partial charge in [-0.2, -0.15) is 0 Å². The van der Waals surface area contributed by atoms with Crippen molar-refractivity contribution < 1.29 is 27.1 Å². The molecule has 0 bridgehead atoms. The molecule has 0 spiro atoms. The van der Waals surface area contributed by atoms with Gasteiger partial charge in [-0.05, 0) is 36.4 Å². The van der Waals surface area contributed by atoms with Crippen molar-refractivity contribution in [3.63, 3.8) is 0 Å². The predicted molar refractivity (Wildman–Crippen MR) is 98.7 cm³/mol. The summed E-state index contributed by atoms with van der Waals surface area (Å²) in [6, 6.07) is 10.8. The van der Waals surface area contributed by atoms with E-state index in [-0.39, 0.29) is 16.5 Å². The molecule has 146 valence electrons. The topological polar surface area (TPSA) is 93.7 Å². The second-order valence-electron chi connectivity index (χ2n) is 5.47. The van der Waals surface area contributed by atoms with Crippen molar-refractivity contribution in [2.24, 2.45) is 0 Å². The zero-order chi connectivity index (χ0) is 19.7. The first-order valence-electron chi connectivity index (χ1n) is 8.16. The lowest BCUT2D eigenvalue weighted by molar-refractivity contribution is 0.0692. The minimum Gasteiger partial charge on any atom is -0.382 e. The average Bonchev–Trinajstić information content (AvgIpc) is 2.66. The molecule has 7 nitrogen and oxygen atoms in total. The van der Waals surface area contributed by atoms with Crippen LogP contribution in [0.1, 0.15) is 10.4 Å². The number of anilines is 1. The normalized spacial score (nSPS) is 11.2. The van der Waals surface area contributed by atoms with E-state index in [1.54, 1.807) is 7.11 Å². The highest BCUT2D eigenvalue weighted by molar-refractivity contribution is 7.92. The third kappa shape index (κ3) is 6.31. The van der Waals surface area contributed by atoms with Crippen LogP contribution < -0.4 is 10.0 Å². The zero-order valence-electron chi connectivity index (χ0n) is 14.8. The Hall–Kier alpha value is -2.49. The van der Waals surface area contributed by atoms with E-state index in [2.05, 4.69) is 10.0 Å². The smallest absolute Gasteiger partial charge is 0.261 e. The summed E-state index contributed by atoms with van der Waals surface area (Å²) < 4.78 is 50.5. The first kappa shape index (κ1) is 20.8. The van der Waals surface area contributed by atoms with Crippen molar-refractivity contribution >= 4 is 21.6 Å². The van der Waals surface area contributed by atoms with Gasteiger partial charge in [0.1, 0.15) is 5.82 Å². The first-order valence-corrected chi connectivity index (χ1v) is 9.64. The molecule has 0 radical (unpaired) electrons. The molecular formula is C18H21FN2O5S. The number of hydrogen-bond donors (Lipinski definition) is 2. The van der Waals surface area contributed by atoms with Crippen LogP contribution in [-0.2, 0) is 19.5 Å². The number of rotatable bonds is 10. The molecule has 0 fully saturated rings. The molecule has 1 amide bonds. The second kappa shape index (κ2) is 10.0. The summed E-state index contributed by atoms with van der Waals surface area (Å²) in [7, 11) is -2.39. The van der Waals surface area contributed by atoms with Gasteiger partial charge in [-0.25, -0.2) is 12.8 Å². The fourth-order valence-corrected chi connectivity index (χ4v) is 3.18. The van der Waals surface area contributed by atoms with Crippen molar-refractivity contribution in [3.05, 3.63) is 59.9 Å². The van der Waals surface area contributed by atoms with Crippen molar-refractivity contribution in [2.75, 3.05) is 38.2 Å². The number of halogens is 1. The number of nitrogens with one attached hydrogen (secondary N) is 2. The van der Waals surface area contributed by atoms with Crippen LogP contribution in [-0.4, -0.2) is 47.8 Å². The number of para-hydroxylation sites is 1. The van der Waals surface area contributed by atoms with Gasteiger partial charge in [0.25, 0.3) is 15.9 Å². The van der Waals surface area contributed by atoms with Crippen molar-refractivity contribution in [1.82, 2.24) is 5.32 Å². The van der Waals surface area contributed by atoms with Gasteiger partial charge in [0.2, 0.25) is 0 Å². The van der Waals surface area contributed by atoms with Gasteiger partial charge in [0.05, 0.1) is 30.4 Å². The number of carbonyl (C=O) groups excluding carboxylic acids is 1. The minimum absolute atomic E-state index is 0.0785. The molecule has 2 aromatic carbocycles. The highest BCUT2D eigenvalue weighted by Crippen LogP contribution is 2.19. The number of benzene rings is 2. The third-order valence-electron chi connectivity index (χ3n) is 3.51. The second-order valence-corrected chi connectivity index (χ2v) is 7.15. The van der Waals surface area contributed by atoms with Gasteiger partial charge in [-0.1, -0.05) is 12.1 Å². The lowest BCUT2D eigenvalue weighted by Gasteiger charge is -2.10. The summed E-state index contributed by atoms with van der Waals surface area (Å²) in [6.45, 7) is 1.57. The van der Waals surface area contributed by atoms with Crippen LogP contribution in [0.25, 0.3) is 0 Å². The predicted octanol–water partition coefficient (Wildman–Crippen LogP) is 2.02. The Balaban J connectivity index is 1.93. The Kier molecular flexibility index (Phi) is 7.71. The van der Waals surface area contributed by atoms with Crippen LogP contribution in [0.3, 0.4) is 0 Å². The van der Waals surface area contributed by atoms with Gasteiger partial charge in [-0.3, -0.25) is 9.52 Å².